The molecule has 3 heteroatoms. The van der Waals surface area contributed by atoms with Crippen molar-refractivity contribution in [1.29, 1.82) is 0 Å². The highest BCUT2D eigenvalue weighted by molar-refractivity contribution is 6.30. The molecule has 17 heavy (non-hydrogen) atoms. The number of halogens is 1. The maximum atomic E-state index is 11.3. The van der Waals surface area contributed by atoms with Crippen LogP contribution in [0.1, 0.15) is 5.56 Å². The molecule has 84 valence electrons. The maximum absolute atomic E-state index is 11.3. The minimum atomic E-state index is 0.0632. The van der Waals surface area contributed by atoms with Gasteiger partial charge in [-0.05, 0) is 41.0 Å². The van der Waals surface area contributed by atoms with Crippen LogP contribution in [0.5, 0.6) is 0 Å². The second kappa shape index (κ2) is 3.90. The quantitative estimate of drug-likeness (QED) is 0.816. The number of hydrogen-bond donors (Lipinski definition) is 1. The molecule has 1 aliphatic heterocycles. The van der Waals surface area contributed by atoms with Gasteiger partial charge in [0.15, 0.2) is 0 Å². The molecule has 1 aliphatic rings. The van der Waals surface area contributed by atoms with Crippen molar-refractivity contribution in [3.05, 3.63) is 53.1 Å². The van der Waals surface area contributed by atoms with E-state index >= 15 is 0 Å². The lowest BCUT2D eigenvalue weighted by atomic mass is 10.0. The molecule has 1 amide bonds. The van der Waals surface area contributed by atoms with E-state index in [9.17, 15) is 4.79 Å². The molecule has 0 aliphatic carbocycles. The fraction of sp³-hybridized carbons (Fsp3) is 0.0714. The third-order valence-corrected chi connectivity index (χ3v) is 3.16. The predicted molar refractivity (Wildman–Crippen MR) is 69.2 cm³/mol. The lowest BCUT2D eigenvalue weighted by Gasteiger charge is -2.04. The summed E-state index contributed by atoms with van der Waals surface area (Å²) in [6, 6.07) is 13.7. The molecule has 1 heterocycles. The van der Waals surface area contributed by atoms with Crippen molar-refractivity contribution in [3.63, 3.8) is 0 Å². The molecule has 3 rings (SSSR count). The third kappa shape index (κ3) is 1.92. The van der Waals surface area contributed by atoms with Crippen LogP contribution in [0, 0.1) is 0 Å². The minimum absolute atomic E-state index is 0.0632. The summed E-state index contributed by atoms with van der Waals surface area (Å²) < 4.78 is 0. The molecule has 0 radical (unpaired) electrons. The maximum Gasteiger partial charge on any atom is 0.228 e. The standard InChI is InChI=1S/C14H10ClNO/c15-12-4-1-9(2-5-12)10-3-6-13-11(7-10)8-14(17)16-13/h1-7H,8H2,(H,16,17). The first kappa shape index (κ1) is 10.4. The molecule has 2 aromatic rings. The van der Waals surface area contributed by atoms with Crippen LogP contribution in [0.2, 0.25) is 5.02 Å². The van der Waals surface area contributed by atoms with Gasteiger partial charge in [-0.3, -0.25) is 4.79 Å². The summed E-state index contributed by atoms with van der Waals surface area (Å²) in [5.74, 6) is 0.0632. The minimum Gasteiger partial charge on any atom is -0.326 e. The molecule has 2 nitrogen and oxygen atoms in total. The van der Waals surface area contributed by atoms with Crippen molar-refractivity contribution in [2.75, 3.05) is 5.32 Å². The van der Waals surface area contributed by atoms with Crippen molar-refractivity contribution in [3.8, 4) is 11.1 Å². The van der Waals surface area contributed by atoms with E-state index in [4.69, 9.17) is 11.6 Å². The van der Waals surface area contributed by atoms with Gasteiger partial charge in [-0.1, -0.05) is 29.8 Å². The van der Waals surface area contributed by atoms with E-state index in [1.54, 1.807) is 0 Å². The molecular weight excluding hydrogens is 234 g/mol. The Bertz CT molecular complexity index is 590. The molecule has 0 saturated carbocycles. The highest BCUT2D eigenvalue weighted by Crippen LogP contribution is 2.29. The van der Waals surface area contributed by atoms with Gasteiger partial charge in [0.1, 0.15) is 0 Å². The van der Waals surface area contributed by atoms with Crippen LogP contribution in [-0.2, 0) is 11.2 Å². The molecule has 0 aromatic heterocycles. The van der Waals surface area contributed by atoms with Gasteiger partial charge >= 0.3 is 0 Å². The molecule has 0 saturated heterocycles. The number of carbonyl (C=O) groups excluding carboxylic acids is 1. The van der Waals surface area contributed by atoms with Crippen molar-refractivity contribution in [2.24, 2.45) is 0 Å². The molecule has 0 atom stereocenters. The molecular formula is C14H10ClNO. The van der Waals surface area contributed by atoms with E-state index in [0.717, 1.165) is 27.4 Å². The lowest BCUT2D eigenvalue weighted by Crippen LogP contribution is -2.03. The Morgan fingerprint density at radius 1 is 1.00 bits per heavy atom. The Morgan fingerprint density at radius 3 is 2.47 bits per heavy atom. The van der Waals surface area contributed by atoms with Crippen LogP contribution >= 0.6 is 11.6 Å². The molecule has 0 bridgehead atoms. The molecule has 0 fully saturated rings. The number of anilines is 1. The SMILES string of the molecule is O=C1Cc2cc(-c3ccc(Cl)cc3)ccc2N1. The monoisotopic (exact) mass is 243 g/mol. The number of hydrogen-bond acceptors (Lipinski definition) is 1. The number of benzene rings is 2. The normalized spacial score (nSPS) is 13.4. The molecule has 0 spiro atoms. The van der Waals surface area contributed by atoms with E-state index in [1.165, 1.54) is 0 Å². The van der Waals surface area contributed by atoms with E-state index in [2.05, 4.69) is 11.4 Å². The molecule has 0 unspecified atom stereocenters. The first-order valence-electron chi connectivity index (χ1n) is 5.41. The Morgan fingerprint density at radius 2 is 1.71 bits per heavy atom. The summed E-state index contributed by atoms with van der Waals surface area (Å²) in [6.45, 7) is 0. The van der Waals surface area contributed by atoms with E-state index < -0.39 is 0 Å². The van der Waals surface area contributed by atoms with Gasteiger partial charge < -0.3 is 5.32 Å². The number of carbonyl (C=O) groups is 1. The Labute approximate surface area is 104 Å². The molecule has 2 aromatic carbocycles. The highest BCUT2D eigenvalue weighted by atomic mass is 35.5. The van der Waals surface area contributed by atoms with Gasteiger partial charge in [-0.2, -0.15) is 0 Å². The van der Waals surface area contributed by atoms with Gasteiger partial charge in [-0.25, -0.2) is 0 Å². The van der Waals surface area contributed by atoms with Gasteiger partial charge in [-0.15, -0.1) is 0 Å². The van der Waals surface area contributed by atoms with E-state index in [-0.39, 0.29) is 5.91 Å². The van der Waals surface area contributed by atoms with Gasteiger partial charge in [0.25, 0.3) is 0 Å². The topological polar surface area (TPSA) is 29.1 Å². The summed E-state index contributed by atoms with van der Waals surface area (Å²) in [6.07, 6.45) is 0.469. The fourth-order valence-electron chi connectivity index (χ4n) is 2.05. The lowest BCUT2D eigenvalue weighted by molar-refractivity contribution is -0.115. The second-order valence-electron chi connectivity index (χ2n) is 4.10. The Hall–Kier alpha value is -1.80. The fourth-order valence-corrected chi connectivity index (χ4v) is 2.18. The van der Waals surface area contributed by atoms with Gasteiger partial charge in [0.2, 0.25) is 5.91 Å². The summed E-state index contributed by atoms with van der Waals surface area (Å²) >= 11 is 5.86. The highest BCUT2D eigenvalue weighted by Gasteiger charge is 2.17. The number of amides is 1. The van der Waals surface area contributed by atoms with Crippen LogP contribution in [0.4, 0.5) is 5.69 Å². The average molecular weight is 244 g/mol. The molecule has 1 N–H and O–H groups in total. The van der Waals surface area contributed by atoms with E-state index in [0.29, 0.717) is 6.42 Å². The predicted octanol–water partition coefficient (Wildman–Crippen LogP) is 3.50. The Balaban J connectivity index is 2.03. The zero-order chi connectivity index (χ0) is 11.8. The van der Waals surface area contributed by atoms with Gasteiger partial charge in [0.05, 0.1) is 6.42 Å². The zero-order valence-electron chi connectivity index (χ0n) is 9.03. The van der Waals surface area contributed by atoms with Crippen LogP contribution in [0.15, 0.2) is 42.5 Å². The largest absolute Gasteiger partial charge is 0.326 e. The van der Waals surface area contributed by atoms with Crippen molar-refractivity contribution < 1.29 is 4.79 Å². The number of fused-ring (bicyclic) bond motifs is 1. The van der Waals surface area contributed by atoms with Crippen molar-refractivity contribution >= 4 is 23.2 Å². The van der Waals surface area contributed by atoms with E-state index in [1.807, 2.05) is 36.4 Å². The van der Waals surface area contributed by atoms with Crippen LogP contribution in [-0.4, -0.2) is 5.91 Å². The Kier molecular flexibility index (Phi) is 2.37. The van der Waals surface area contributed by atoms with Crippen LogP contribution < -0.4 is 5.32 Å². The van der Waals surface area contributed by atoms with Crippen LogP contribution in [0.25, 0.3) is 11.1 Å². The summed E-state index contributed by atoms with van der Waals surface area (Å²) in [7, 11) is 0. The number of rotatable bonds is 1. The average Bonchev–Trinajstić information content (AvgIpc) is 2.69. The van der Waals surface area contributed by atoms with Gasteiger partial charge in [0, 0.05) is 10.7 Å². The number of nitrogens with one attached hydrogen (secondary N) is 1. The summed E-state index contributed by atoms with van der Waals surface area (Å²) in [5.41, 5.74) is 4.20. The third-order valence-electron chi connectivity index (χ3n) is 2.91. The first-order chi connectivity index (χ1) is 8.22. The smallest absolute Gasteiger partial charge is 0.228 e. The van der Waals surface area contributed by atoms with Crippen molar-refractivity contribution in [1.82, 2.24) is 0 Å². The second-order valence-corrected chi connectivity index (χ2v) is 4.54. The summed E-state index contributed by atoms with van der Waals surface area (Å²) in [5, 5.41) is 3.55. The first-order valence-corrected chi connectivity index (χ1v) is 5.79. The zero-order valence-corrected chi connectivity index (χ0v) is 9.79. The van der Waals surface area contributed by atoms with Crippen LogP contribution in [0.3, 0.4) is 0 Å². The van der Waals surface area contributed by atoms with Crippen molar-refractivity contribution in [2.45, 2.75) is 6.42 Å². The summed E-state index contributed by atoms with van der Waals surface area (Å²) in [4.78, 5) is 11.3.